The summed E-state index contributed by atoms with van der Waals surface area (Å²) in [6.07, 6.45) is 1.20. The summed E-state index contributed by atoms with van der Waals surface area (Å²) in [4.78, 5) is 2.49. The Morgan fingerprint density at radius 3 is 2.30 bits per heavy atom. The van der Waals surface area contributed by atoms with E-state index in [2.05, 4.69) is 64.8 Å². The van der Waals surface area contributed by atoms with Crippen LogP contribution in [-0.2, 0) is 11.3 Å². The summed E-state index contributed by atoms with van der Waals surface area (Å²) in [5.41, 5.74) is 3.90. The average molecular weight is 310 g/mol. The highest BCUT2D eigenvalue weighted by Gasteiger charge is 2.08. The molecule has 0 unspecified atom stereocenters. The van der Waals surface area contributed by atoms with Gasteiger partial charge in [-0.2, -0.15) is 0 Å². The second-order valence-corrected chi connectivity index (χ2v) is 6.05. The van der Waals surface area contributed by atoms with Gasteiger partial charge in [0.1, 0.15) is 0 Å². The van der Waals surface area contributed by atoms with Gasteiger partial charge in [-0.05, 0) is 36.2 Å². The molecule has 3 rings (SSSR count). The summed E-state index contributed by atoms with van der Waals surface area (Å²) in [6.45, 7) is 7.13. The number of morpholine rings is 1. The molecule has 3 heteroatoms. The molecule has 1 aliphatic rings. The standard InChI is InChI=1S/C20H26N2O/c1-2-5-19(6-3-1)20-9-7-18(8-10-20)17-21-11-4-12-22-13-15-23-16-14-22/h1-3,5-10,21H,4,11-17H2. The highest BCUT2D eigenvalue weighted by Crippen LogP contribution is 2.19. The predicted octanol–water partition coefficient (Wildman–Crippen LogP) is 3.17. The molecular formula is C20H26N2O. The van der Waals surface area contributed by atoms with E-state index < -0.39 is 0 Å². The number of ether oxygens (including phenoxy) is 1. The van der Waals surface area contributed by atoms with Crippen molar-refractivity contribution >= 4 is 0 Å². The van der Waals surface area contributed by atoms with Gasteiger partial charge in [0.15, 0.2) is 0 Å². The van der Waals surface area contributed by atoms with Gasteiger partial charge >= 0.3 is 0 Å². The second kappa shape index (κ2) is 8.82. The van der Waals surface area contributed by atoms with Crippen LogP contribution >= 0.6 is 0 Å². The van der Waals surface area contributed by atoms with E-state index in [9.17, 15) is 0 Å². The topological polar surface area (TPSA) is 24.5 Å². The smallest absolute Gasteiger partial charge is 0.0594 e. The van der Waals surface area contributed by atoms with Gasteiger partial charge in [0.25, 0.3) is 0 Å². The minimum absolute atomic E-state index is 0.890. The van der Waals surface area contributed by atoms with E-state index in [1.54, 1.807) is 0 Å². The van der Waals surface area contributed by atoms with Gasteiger partial charge in [-0.3, -0.25) is 4.90 Å². The predicted molar refractivity (Wildman–Crippen MR) is 95.5 cm³/mol. The summed E-state index contributed by atoms with van der Waals surface area (Å²) >= 11 is 0. The molecule has 0 saturated carbocycles. The number of benzene rings is 2. The molecule has 0 amide bonds. The van der Waals surface area contributed by atoms with Crippen molar-refractivity contribution in [2.45, 2.75) is 13.0 Å². The van der Waals surface area contributed by atoms with Crippen LogP contribution in [0.25, 0.3) is 11.1 Å². The number of nitrogens with zero attached hydrogens (tertiary/aromatic N) is 1. The summed E-state index contributed by atoms with van der Waals surface area (Å²) in [7, 11) is 0. The van der Waals surface area contributed by atoms with Crippen molar-refractivity contribution in [1.29, 1.82) is 0 Å². The van der Waals surface area contributed by atoms with Gasteiger partial charge in [-0.25, -0.2) is 0 Å². The quantitative estimate of drug-likeness (QED) is 0.795. The first-order valence-corrected chi connectivity index (χ1v) is 8.57. The Morgan fingerprint density at radius 1 is 0.870 bits per heavy atom. The second-order valence-electron chi connectivity index (χ2n) is 6.05. The van der Waals surface area contributed by atoms with E-state index in [4.69, 9.17) is 4.74 Å². The normalized spacial score (nSPS) is 15.7. The van der Waals surface area contributed by atoms with E-state index in [1.807, 2.05) is 0 Å². The summed E-state index contributed by atoms with van der Waals surface area (Å²) in [5, 5.41) is 3.54. The molecule has 2 aromatic rings. The van der Waals surface area contributed by atoms with Crippen molar-refractivity contribution in [3.8, 4) is 11.1 Å². The maximum Gasteiger partial charge on any atom is 0.0594 e. The Hall–Kier alpha value is -1.68. The van der Waals surface area contributed by atoms with Gasteiger partial charge in [0, 0.05) is 19.6 Å². The Labute approximate surface area is 139 Å². The maximum absolute atomic E-state index is 5.37. The third kappa shape index (κ3) is 5.17. The Kier molecular flexibility index (Phi) is 6.21. The van der Waals surface area contributed by atoms with Crippen LogP contribution < -0.4 is 5.32 Å². The molecule has 1 heterocycles. The molecule has 122 valence electrons. The molecule has 0 atom stereocenters. The third-order valence-corrected chi connectivity index (χ3v) is 4.32. The van der Waals surface area contributed by atoms with Crippen molar-refractivity contribution in [3.05, 3.63) is 60.2 Å². The molecule has 1 N–H and O–H groups in total. The lowest BCUT2D eigenvalue weighted by Gasteiger charge is -2.26. The van der Waals surface area contributed by atoms with Gasteiger partial charge in [-0.15, -0.1) is 0 Å². The zero-order valence-corrected chi connectivity index (χ0v) is 13.7. The van der Waals surface area contributed by atoms with Crippen LogP contribution in [0.3, 0.4) is 0 Å². The first-order chi connectivity index (χ1) is 11.4. The summed E-state index contributed by atoms with van der Waals surface area (Å²) in [6, 6.07) is 19.4. The molecule has 0 aromatic heterocycles. The fourth-order valence-electron chi connectivity index (χ4n) is 2.93. The van der Waals surface area contributed by atoms with E-state index in [1.165, 1.54) is 29.7 Å². The van der Waals surface area contributed by atoms with Crippen LogP contribution in [0.4, 0.5) is 0 Å². The molecular weight excluding hydrogens is 284 g/mol. The first kappa shape index (κ1) is 16.2. The van der Waals surface area contributed by atoms with E-state index in [-0.39, 0.29) is 0 Å². The fourth-order valence-corrected chi connectivity index (χ4v) is 2.93. The molecule has 0 aliphatic carbocycles. The minimum atomic E-state index is 0.890. The monoisotopic (exact) mass is 310 g/mol. The zero-order valence-electron chi connectivity index (χ0n) is 13.7. The molecule has 1 fully saturated rings. The Morgan fingerprint density at radius 2 is 1.57 bits per heavy atom. The lowest BCUT2D eigenvalue weighted by Crippen LogP contribution is -2.37. The van der Waals surface area contributed by atoms with Gasteiger partial charge in [0.05, 0.1) is 13.2 Å². The van der Waals surface area contributed by atoms with E-state index in [0.717, 1.165) is 39.4 Å². The molecule has 0 bridgehead atoms. The highest BCUT2D eigenvalue weighted by molar-refractivity contribution is 5.63. The zero-order chi connectivity index (χ0) is 15.7. The number of rotatable bonds is 7. The van der Waals surface area contributed by atoms with E-state index >= 15 is 0 Å². The van der Waals surface area contributed by atoms with Crippen molar-refractivity contribution in [1.82, 2.24) is 10.2 Å². The van der Waals surface area contributed by atoms with Crippen LogP contribution in [0.15, 0.2) is 54.6 Å². The van der Waals surface area contributed by atoms with Crippen LogP contribution in [0.5, 0.6) is 0 Å². The van der Waals surface area contributed by atoms with Gasteiger partial charge < -0.3 is 10.1 Å². The third-order valence-electron chi connectivity index (χ3n) is 4.32. The van der Waals surface area contributed by atoms with Crippen LogP contribution in [0.2, 0.25) is 0 Å². The number of nitrogens with one attached hydrogen (secondary N) is 1. The SMILES string of the molecule is c1ccc(-c2ccc(CNCCCN3CCOCC3)cc2)cc1. The van der Waals surface area contributed by atoms with Crippen LogP contribution in [-0.4, -0.2) is 44.3 Å². The lowest BCUT2D eigenvalue weighted by atomic mass is 10.0. The van der Waals surface area contributed by atoms with Crippen molar-refractivity contribution in [2.24, 2.45) is 0 Å². The molecule has 3 nitrogen and oxygen atoms in total. The molecule has 1 aliphatic heterocycles. The first-order valence-electron chi connectivity index (χ1n) is 8.57. The minimum Gasteiger partial charge on any atom is -0.379 e. The van der Waals surface area contributed by atoms with Crippen molar-refractivity contribution in [3.63, 3.8) is 0 Å². The largest absolute Gasteiger partial charge is 0.379 e. The number of hydrogen-bond acceptors (Lipinski definition) is 3. The molecule has 23 heavy (non-hydrogen) atoms. The molecule has 1 saturated heterocycles. The Balaban J connectivity index is 1.37. The average Bonchev–Trinajstić information content (AvgIpc) is 2.64. The summed E-state index contributed by atoms with van der Waals surface area (Å²) in [5.74, 6) is 0. The van der Waals surface area contributed by atoms with Crippen molar-refractivity contribution < 1.29 is 4.74 Å². The maximum atomic E-state index is 5.37. The lowest BCUT2D eigenvalue weighted by molar-refractivity contribution is 0.0374. The molecule has 0 spiro atoms. The fraction of sp³-hybridized carbons (Fsp3) is 0.400. The van der Waals surface area contributed by atoms with Gasteiger partial charge in [0.2, 0.25) is 0 Å². The van der Waals surface area contributed by atoms with E-state index in [0.29, 0.717) is 0 Å². The van der Waals surface area contributed by atoms with Crippen LogP contribution in [0, 0.1) is 0 Å². The number of hydrogen-bond donors (Lipinski definition) is 1. The Bertz CT molecular complexity index is 562. The van der Waals surface area contributed by atoms with Gasteiger partial charge in [-0.1, -0.05) is 54.6 Å². The van der Waals surface area contributed by atoms with Crippen molar-refractivity contribution in [2.75, 3.05) is 39.4 Å². The highest BCUT2D eigenvalue weighted by atomic mass is 16.5. The van der Waals surface area contributed by atoms with Crippen LogP contribution in [0.1, 0.15) is 12.0 Å². The molecule has 0 radical (unpaired) electrons. The summed E-state index contributed by atoms with van der Waals surface area (Å²) < 4.78 is 5.37. The molecule has 2 aromatic carbocycles.